The normalized spacial score (nSPS) is 10.5. The first-order valence-electron chi connectivity index (χ1n) is 5.84. The van der Waals surface area contributed by atoms with Crippen molar-refractivity contribution in [1.82, 2.24) is 0 Å². The molecule has 0 unspecified atom stereocenters. The molecule has 0 aromatic heterocycles. The van der Waals surface area contributed by atoms with Crippen LogP contribution in [0.2, 0.25) is 0 Å². The second-order valence-electron chi connectivity index (χ2n) is 4.24. The standard InChI is InChI=1S/C14H20O3/c1-6-10-7-11(13(15)9(2)3)8-12(16-4)14(10)17-5/h7-9H,6H2,1-5H3. The van der Waals surface area contributed by atoms with Gasteiger partial charge in [-0.1, -0.05) is 20.8 Å². The molecule has 94 valence electrons. The number of methoxy groups -OCH3 is 2. The molecular weight excluding hydrogens is 216 g/mol. The predicted octanol–water partition coefficient (Wildman–Crippen LogP) is 3.10. The molecule has 0 radical (unpaired) electrons. The van der Waals surface area contributed by atoms with Crippen LogP contribution in [0.3, 0.4) is 0 Å². The van der Waals surface area contributed by atoms with E-state index in [1.165, 1.54) is 0 Å². The monoisotopic (exact) mass is 236 g/mol. The van der Waals surface area contributed by atoms with Crippen molar-refractivity contribution in [3.63, 3.8) is 0 Å². The number of ether oxygens (including phenoxy) is 2. The Morgan fingerprint density at radius 1 is 1.24 bits per heavy atom. The molecule has 0 heterocycles. The minimum Gasteiger partial charge on any atom is -0.493 e. The van der Waals surface area contributed by atoms with Gasteiger partial charge >= 0.3 is 0 Å². The van der Waals surface area contributed by atoms with Gasteiger partial charge in [-0.25, -0.2) is 0 Å². The molecule has 0 bridgehead atoms. The summed E-state index contributed by atoms with van der Waals surface area (Å²) < 4.78 is 10.6. The topological polar surface area (TPSA) is 35.5 Å². The lowest BCUT2D eigenvalue weighted by molar-refractivity contribution is 0.0939. The molecule has 1 aromatic rings. The van der Waals surface area contributed by atoms with E-state index in [9.17, 15) is 4.79 Å². The second kappa shape index (κ2) is 5.71. The van der Waals surface area contributed by atoms with Crippen LogP contribution < -0.4 is 9.47 Å². The minimum absolute atomic E-state index is 0.0159. The average Bonchev–Trinajstić information content (AvgIpc) is 2.35. The largest absolute Gasteiger partial charge is 0.493 e. The molecule has 3 heteroatoms. The first kappa shape index (κ1) is 13.6. The van der Waals surface area contributed by atoms with Crippen LogP contribution >= 0.6 is 0 Å². The highest BCUT2D eigenvalue weighted by atomic mass is 16.5. The molecule has 1 rings (SSSR count). The van der Waals surface area contributed by atoms with Crippen molar-refractivity contribution in [2.75, 3.05) is 14.2 Å². The zero-order valence-corrected chi connectivity index (χ0v) is 11.2. The van der Waals surface area contributed by atoms with Gasteiger partial charge in [-0.2, -0.15) is 0 Å². The van der Waals surface area contributed by atoms with Crippen LogP contribution in [-0.2, 0) is 6.42 Å². The molecule has 0 saturated heterocycles. The van der Waals surface area contributed by atoms with Crippen LogP contribution in [0, 0.1) is 5.92 Å². The van der Waals surface area contributed by atoms with Crippen molar-refractivity contribution in [2.45, 2.75) is 27.2 Å². The molecule has 1 aromatic carbocycles. The zero-order valence-electron chi connectivity index (χ0n) is 11.2. The fourth-order valence-corrected chi connectivity index (χ4v) is 1.78. The molecule has 0 amide bonds. The summed E-state index contributed by atoms with van der Waals surface area (Å²) in [5, 5.41) is 0. The Balaban J connectivity index is 3.32. The summed E-state index contributed by atoms with van der Waals surface area (Å²) in [6, 6.07) is 3.64. The number of rotatable bonds is 5. The van der Waals surface area contributed by atoms with Crippen molar-refractivity contribution in [3.05, 3.63) is 23.3 Å². The van der Waals surface area contributed by atoms with Crippen LogP contribution in [0.4, 0.5) is 0 Å². The van der Waals surface area contributed by atoms with Gasteiger partial charge in [0.05, 0.1) is 14.2 Å². The van der Waals surface area contributed by atoms with Crippen LogP contribution in [0.1, 0.15) is 36.7 Å². The van der Waals surface area contributed by atoms with Crippen molar-refractivity contribution < 1.29 is 14.3 Å². The highest BCUT2D eigenvalue weighted by molar-refractivity contribution is 5.98. The zero-order chi connectivity index (χ0) is 13.0. The summed E-state index contributed by atoms with van der Waals surface area (Å²) in [4.78, 5) is 12.0. The maximum atomic E-state index is 12.0. The van der Waals surface area contributed by atoms with E-state index in [0.29, 0.717) is 11.3 Å². The maximum absolute atomic E-state index is 12.0. The van der Waals surface area contributed by atoms with Gasteiger partial charge in [0.15, 0.2) is 17.3 Å². The molecule has 0 aliphatic heterocycles. The smallest absolute Gasteiger partial charge is 0.165 e. The summed E-state index contributed by atoms with van der Waals surface area (Å²) >= 11 is 0. The Kier molecular flexibility index (Phi) is 4.55. The maximum Gasteiger partial charge on any atom is 0.165 e. The first-order valence-corrected chi connectivity index (χ1v) is 5.84. The summed E-state index contributed by atoms with van der Waals surface area (Å²) in [5.74, 6) is 1.45. The van der Waals surface area contributed by atoms with Gasteiger partial charge in [-0.3, -0.25) is 4.79 Å². The molecule has 0 aliphatic carbocycles. The fraction of sp³-hybridized carbons (Fsp3) is 0.500. The van der Waals surface area contributed by atoms with Crippen LogP contribution in [-0.4, -0.2) is 20.0 Å². The number of carbonyl (C=O) groups is 1. The van der Waals surface area contributed by atoms with Gasteiger partial charge < -0.3 is 9.47 Å². The first-order chi connectivity index (χ1) is 8.04. The molecule has 0 N–H and O–H groups in total. The van der Waals surface area contributed by atoms with E-state index in [4.69, 9.17) is 9.47 Å². The molecule has 0 fully saturated rings. The SMILES string of the molecule is CCc1cc(C(=O)C(C)C)cc(OC)c1OC. The summed E-state index contributed by atoms with van der Waals surface area (Å²) in [7, 11) is 3.20. The van der Waals surface area contributed by atoms with E-state index < -0.39 is 0 Å². The lowest BCUT2D eigenvalue weighted by Gasteiger charge is -2.14. The van der Waals surface area contributed by atoms with E-state index in [2.05, 4.69) is 0 Å². The molecule has 0 saturated carbocycles. The molecule has 0 aliphatic rings. The third kappa shape index (κ3) is 2.78. The minimum atomic E-state index is -0.0159. The van der Waals surface area contributed by atoms with Crippen molar-refractivity contribution in [3.8, 4) is 11.5 Å². The van der Waals surface area contributed by atoms with E-state index in [-0.39, 0.29) is 11.7 Å². The second-order valence-corrected chi connectivity index (χ2v) is 4.24. The Bertz CT molecular complexity index is 383. The van der Waals surface area contributed by atoms with Crippen LogP contribution in [0.5, 0.6) is 11.5 Å². The molecular formula is C14H20O3. The van der Waals surface area contributed by atoms with Crippen LogP contribution in [0.15, 0.2) is 12.1 Å². The quantitative estimate of drug-likeness (QED) is 0.737. The number of aryl methyl sites for hydroxylation is 1. The number of carbonyl (C=O) groups excluding carboxylic acids is 1. The lowest BCUT2D eigenvalue weighted by atomic mass is 9.97. The number of ketones is 1. The molecule has 0 spiro atoms. The molecule has 3 nitrogen and oxygen atoms in total. The third-order valence-electron chi connectivity index (χ3n) is 2.75. The summed E-state index contributed by atoms with van der Waals surface area (Å²) in [6.07, 6.45) is 0.804. The Morgan fingerprint density at radius 3 is 2.29 bits per heavy atom. The van der Waals surface area contributed by atoms with Gasteiger partial charge in [-0.15, -0.1) is 0 Å². The van der Waals surface area contributed by atoms with E-state index in [1.807, 2.05) is 26.8 Å². The van der Waals surface area contributed by atoms with Gasteiger partial charge in [0.2, 0.25) is 0 Å². The van der Waals surface area contributed by atoms with Crippen molar-refractivity contribution in [2.24, 2.45) is 5.92 Å². The Morgan fingerprint density at radius 2 is 1.88 bits per heavy atom. The third-order valence-corrected chi connectivity index (χ3v) is 2.75. The van der Waals surface area contributed by atoms with Gasteiger partial charge in [-0.05, 0) is 24.1 Å². The highest BCUT2D eigenvalue weighted by Gasteiger charge is 2.17. The van der Waals surface area contributed by atoms with E-state index in [1.54, 1.807) is 20.3 Å². The summed E-state index contributed by atoms with van der Waals surface area (Å²) in [5.41, 5.74) is 1.69. The lowest BCUT2D eigenvalue weighted by Crippen LogP contribution is -2.09. The predicted molar refractivity (Wildman–Crippen MR) is 68.1 cm³/mol. The molecule has 0 atom stereocenters. The van der Waals surface area contributed by atoms with Crippen LogP contribution in [0.25, 0.3) is 0 Å². The van der Waals surface area contributed by atoms with Crippen molar-refractivity contribution in [1.29, 1.82) is 0 Å². The number of hydrogen-bond donors (Lipinski definition) is 0. The number of hydrogen-bond acceptors (Lipinski definition) is 3. The van der Waals surface area contributed by atoms with Gasteiger partial charge in [0.1, 0.15) is 0 Å². The average molecular weight is 236 g/mol. The van der Waals surface area contributed by atoms with Crippen molar-refractivity contribution >= 4 is 5.78 Å². The number of Topliss-reactive ketones (excluding diaryl/α,β-unsaturated/α-hetero) is 1. The van der Waals surface area contributed by atoms with E-state index in [0.717, 1.165) is 17.7 Å². The Labute approximate surface area is 103 Å². The van der Waals surface area contributed by atoms with Gasteiger partial charge in [0, 0.05) is 11.5 Å². The fourth-order valence-electron chi connectivity index (χ4n) is 1.78. The Hall–Kier alpha value is -1.51. The van der Waals surface area contributed by atoms with Gasteiger partial charge in [0.25, 0.3) is 0 Å². The van der Waals surface area contributed by atoms with E-state index >= 15 is 0 Å². The molecule has 17 heavy (non-hydrogen) atoms. The highest BCUT2D eigenvalue weighted by Crippen LogP contribution is 2.33. The summed E-state index contributed by atoms with van der Waals surface area (Å²) in [6.45, 7) is 5.82. The number of benzene rings is 1.